The number of pyridine rings is 1. The van der Waals surface area contributed by atoms with Crippen LogP contribution in [0, 0.1) is 13.8 Å². The first-order valence-corrected chi connectivity index (χ1v) is 10.2. The van der Waals surface area contributed by atoms with E-state index in [0.29, 0.717) is 38.2 Å². The number of ether oxygens (including phenoxy) is 1. The fraction of sp³-hybridized carbons (Fsp3) is 0.600. The molecule has 0 aromatic carbocycles. The Morgan fingerprint density at radius 2 is 2.00 bits per heavy atom. The summed E-state index contributed by atoms with van der Waals surface area (Å²) in [5.41, 5.74) is 4.24. The van der Waals surface area contributed by atoms with Crippen LogP contribution in [0.25, 0.3) is 16.7 Å². The first-order valence-electron chi connectivity index (χ1n) is 8.48. The molecule has 0 aliphatic heterocycles. The maximum atomic E-state index is 11.1. The van der Waals surface area contributed by atoms with Gasteiger partial charge in [0.15, 0.2) is 0 Å². The molecular weight excluding hydrogens is 358 g/mol. The van der Waals surface area contributed by atoms with E-state index in [4.69, 9.17) is 14.9 Å². The summed E-state index contributed by atoms with van der Waals surface area (Å²) in [4.78, 5) is 4.71. The number of aromatic nitrogens is 6. The van der Waals surface area contributed by atoms with Gasteiger partial charge in [0.25, 0.3) is 0 Å². The van der Waals surface area contributed by atoms with Crippen LogP contribution in [0.3, 0.4) is 0 Å². The maximum Gasteiger partial charge on any atom is 0.209 e. The van der Waals surface area contributed by atoms with Crippen molar-refractivity contribution in [3.05, 3.63) is 17.1 Å². The molecule has 11 heteroatoms. The molecule has 0 spiro atoms. The Hall–Kier alpha value is -2.11. The van der Waals surface area contributed by atoms with Gasteiger partial charge in [0.2, 0.25) is 15.7 Å². The standard InChI is InChI=1S/C15H23N7O3S/c1-4-25-9-12-17-13-14(21(12)7-5-6-8-26(16,23)24)10(2)11(3)22-15(13)18-19-20-22/h4-9H2,1-3H3,(H2,16,23,24). The van der Waals surface area contributed by atoms with Gasteiger partial charge < -0.3 is 9.30 Å². The summed E-state index contributed by atoms with van der Waals surface area (Å²) in [5.74, 6) is 0.743. The van der Waals surface area contributed by atoms with Gasteiger partial charge in [0.1, 0.15) is 17.9 Å². The zero-order chi connectivity index (χ0) is 18.9. The second kappa shape index (κ2) is 7.25. The Labute approximate surface area is 151 Å². The van der Waals surface area contributed by atoms with Crippen LogP contribution in [0.4, 0.5) is 0 Å². The summed E-state index contributed by atoms with van der Waals surface area (Å²) in [6, 6.07) is 0. The number of unbranched alkanes of at least 4 members (excludes halogenated alkanes) is 1. The van der Waals surface area contributed by atoms with Gasteiger partial charge in [-0.25, -0.2) is 18.5 Å². The number of rotatable bonds is 8. The number of sulfonamides is 1. The van der Waals surface area contributed by atoms with Gasteiger partial charge >= 0.3 is 0 Å². The average Bonchev–Trinajstić information content (AvgIpc) is 3.18. The molecule has 0 amide bonds. The largest absolute Gasteiger partial charge is 0.374 e. The molecule has 10 nitrogen and oxygen atoms in total. The van der Waals surface area contributed by atoms with E-state index in [1.54, 1.807) is 4.52 Å². The third-order valence-corrected chi connectivity index (χ3v) is 5.30. The number of aryl methyl sites for hydroxylation is 3. The zero-order valence-corrected chi connectivity index (χ0v) is 16.0. The molecular formula is C15H23N7O3S. The minimum Gasteiger partial charge on any atom is -0.374 e. The van der Waals surface area contributed by atoms with Crippen LogP contribution in [0.15, 0.2) is 0 Å². The Balaban J connectivity index is 2.04. The zero-order valence-electron chi connectivity index (χ0n) is 15.1. The number of hydrogen-bond donors (Lipinski definition) is 1. The molecule has 0 aliphatic rings. The number of fused-ring (bicyclic) bond motifs is 3. The fourth-order valence-corrected chi connectivity index (χ4v) is 3.65. The first-order chi connectivity index (χ1) is 12.3. The van der Waals surface area contributed by atoms with Crippen molar-refractivity contribution in [3.63, 3.8) is 0 Å². The van der Waals surface area contributed by atoms with Gasteiger partial charge in [-0.15, -0.1) is 5.10 Å². The molecule has 0 saturated heterocycles. The van der Waals surface area contributed by atoms with E-state index in [0.717, 1.165) is 28.1 Å². The third kappa shape index (κ3) is 3.55. The lowest BCUT2D eigenvalue weighted by Gasteiger charge is -2.12. The highest BCUT2D eigenvalue weighted by atomic mass is 32.2. The van der Waals surface area contributed by atoms with Crippen LogP contribution in [0.1, 0.15) is 36.8 Å². The van der Waals surface area contributed by atoms with Gasteiger partial charge in [-0.2, -0.15) is 4.52 Å². The van der Waals surface area contributed by atoms with E-state index < -0.39 is 10.0 Å². The van der Waals surface area contributed by atoms with Crippen LogP contribution >= 0.6 is 0 Å². The summed E-state index contributed by atoms with van der Waals surface area (Å²) in [6.45, 7) is 7.45. The van der Waals surface area contributed by atoms with Crippen molar-refractivity contribution in [2.45, 2.75) is 46.8 Å². The molecule has 0 unspecified atom stereocenters. The Bertz CT molecular complexity index is 1040. The third-order valence-electron chi connectivity index (χ3n) is 4.44. The van der Waals surface area contributed by atoms with E-state index in [9.17, 15) is 8.42 Å². The van der Waals surface area contributed by atoms with Crippen molar-refractivity contribution in [3.8, 4) is 0 Å². The van der Waals surface area contributed by atoms with Crippen molar-refractivity contribution in [1.29, 1.82) is 0 Å². The van der Waals surface area contributed by atoms with Gasteiger partial charge in [-0.3, -0.25) is 0 Å². The SMILES string of the molecule is CCOCc1nc2c(c(C)c(C)n3nnnc23)n1CCCCS(N)(=O)=O. The maximum absolute atomic E-state index is 11.1. The lowest BCUT2D eigenvalue weighted by atomic mass is 10.2. The number of nitrogens with zero attached hydrogens (tertiary/aromatic N) is 6. The molecule has 0 atom stereocenters. The molecule has 0 radical (unpaired) electrons. The van der Waals surface area contributed by atoms with Crippen molar-refractivity contribution in [2.24, 2.45) is 5.14 Å². The van der Waals surface area contributed by atoms with Crippen molar-refractivity contribution < 1.29 is 13.2 Å². The summed E-state index contributed by atoms with van der Waals surface area (Å²) >= 11 is 0. The molecule has 3 aromatic rings. The lowest BCUT2D eigenvalue weighted by Crippen LogP contribution is -2.17. The van der Waals surface area contributed by atoms with E-state index in [-0.39, 0.29) is 5.75 Å². The predicted octanol–water partition coefficient (Wildman–Crippen LogP) is 0.696. The van der Waals surface area contributed by atoms with Crippen LogP contribution in [0.2, 0.25) is 0 Å². The Kier molecular flexibility index (Phi) is 5.21. The lowest BCUT2D eigenvalue weighted by molar-refractivity contribution is 0.126. The highest BCUT2D eigenvalue weighted by molar-refractivity contribution is 7.89. The van der Waals surface area contributed by atoms with Crippen molar-refractivity contribution in [2.75, 3.05) is 12.4 Å². The molecule has 26 heavy (non-hydrogen) atoms. The molecule has 3 heterocycles. The number of imidazole rings is 1. The number of hydrogen-bond acceptors (Lipinski definition) is 7. The monoisotopic (exact) mass is 381 g/mol. The first kappa shape index (κ1) is 18.7. The second-order valence-corrected chi connectivity index (χ2v) is 7.95. The van der Waals surface area contributed by atoms with Crippen LogP contribution in [-0.4, -0.2) is 50.4 Å². The molecule has 2 N–H and O–H groups in total. The van der Waals surface area contributed by atoms with Crippen molar-refractivity contribution in [1.82, 2.24) is 29.6 Å². The van der Waals surface area contributed by atoms with E-state index in [1.807, 2.05) is 20.8 Å². The molecule has 0 saturated carbocycles. The summed E-state index contributed by atoms with van der Waals surface area (Å²) in [7, 11) is -3.45. The smallest absolute Gasteiger partial charge is 0.209 e. The topological polar surface area (TPSA) is 130 Å². The molecule has 3 rings (SSSR count). The molecule has 0 bridgehead atoms. The van der Waals surface area contributed by atoms with Crippen molar-refractivity contribution >= 4 is 26.7 Å². The minimum absolute atomic E-state index is 0.0310. The second-order valence-electron chi connectivity index (χ2n) is 6.21. The van der Waals surface area contributed by atoms with Crippen LogP contribution in [-0.2, 0) is 27.9 Å². The normalized spacial score (nSPS) is 12.5. The van der Waals surface area contributed by atoms with Crippen LogP contribution in [0.5, 0.6) is 0 Å². The average molecular weight is 381 g/mol. The highest BCUT2D eigenvalue weighted by Crippen LogP contribution is 2.26. The van der Waals surface area contributed by atoms with E-state index in [2.05, 4.69) is 20.1 Å². The van der Waals surface area contributed by atoms with E-state index in [1.165, 1.54) is 0 Å². The quantitative estimate of drug-likeness (QED) is 0.568. The van der Waals surface area contributed by atoms with Gasteiger partial charge in [0.05, 0.1) is 11.3 Å². The molecule has 0 aliphatic carbocycles. The van der Waals surface area contributed by atoms with Crippen LogP contribution < -0.4 is 5.14 Å². The Morgan fingerprint density at radius 3 is 2.69 bits per heavy atom. The number of primary sulfonamides is 1. The van der Waals surface area contributed by atoms with Gasteiger partial charge in [-0.05, 0) is 49.6 Å². The van der Waals surface area contributed by atoms with E-state index >= 15 is 0 Å². The summed E-state index contributed by atoms with van der Waals surface area (Å²) < 4.78 is 31.6. The summed E-state index contributed by atoms with van der Waals surface area (Å²) in [5, 5.41) is 17.0. The van der Waals surface area contributed by atoms with Gasteiger partial charge in [0, 0.05) is 18.8 Å². The minimum atomic E-state index is -3.45. The summed E-state index contributed by atoms with van der Waals surface area (Å²) in [6.07, 6.45) is 1.15. The Morgan fingerprint density at radius 1 is 1.23 bits per heavy atom. The molecule has 142 valence electrons. The molecule has 0 fully saturated rings. The van der Waals surface area contributed by atoms with Gasteiger partial charge in [-0.1, -0.05) is 0 Å². The number of nitrogens with two attached hydrogens (primary N) is 1. The predicted molar refractivity (Wildman–Crippen MR) is 96.1 cm³/mol. The highest BCUT2D eigenvalue weighted by Gasteiger charge is 2.20. The molecule has 3 aromatic heterocycles. The fourth-order valence-electron chi connectivity index (χ4n) is 3.04. The number of tetrazole rings is 1.